The van der Waals surface area contributed by atoms with Gasteiger partial charge in [0, 0.05) is 18.4 Å². The van der Waals surface area contributed by atoms with Crippen LogP contribution in [-0.2, 0) is 4.79 Å². The highest BCUT2D eigenvalue weighted by molar-refractivity contribution is 5.96. The molecular formula is C15H15NO5. The topological polar surface area (TPSA) is 96.6 Å². The standard InChI is InChI=1S/C15H15NO5/c17-13(18)7-3-4-8-16-14(19)11-9-10-5-1-2-6-12(10)21-15(11)20/h1-2,5-6,9H,3-4,7-8H2,(H,16,19)(H,17,18). The van der Waals surface area contributed by atoms with Gasteiger partial charge in [0.05, 0.1) is 0 Å². The lowest BCUT2D eigenvalue weighted by Crippen LogP contribution is -2.29. The molecule has 2 aromatic rings. The van der Waals surface area contributed by atoms with E-state index in [0.717, 1.165) is 0 Å². The summed E-state index contributed by atoms with van der Waals surface area (Å²) in [5.41, 5.74) is -0.302. The van der Waals surface area contributed by atoms with E-state index >= 15 is 0 Å². The van der Waals surface area contributed by atoms with Crippen LogP contribution in [0.5, 0.6) is 0 Å². The number of carboxylic acids is 1. The van der Waals surface area contributed by atoms with Crippen LogP contribution in [0.4, 0.5) is 0 Å². The SMILES string of the molecule is O=C(O)CCCCNC(=O)c1cc2ccccc2oc1=O. The van der Waals surface area contributed by atoms with E-state index in [1.165, 1.54) is 6.07 Å². The van der Waals surface area contributed by atoms with Gasteiger partial charge in [0.25, 0.3) is 5.91 Å². The van der Waals surface area contributed by atoms with E-state index in [1.807, 2.05) is 0 Å². The number of hydrogen-bond acceptors (Lipinski definition) is 4. The van der Waals surface area contributed by atoms with E-state index in [-0.39, 0.29) is 12.0 Å². The van der Waals surface area contributed by atoms with Crippen molar-refractivity contribution in [2.75, 3.05) is 6.54 Å². The number of benzene rings is 1. The van der Waals surface area contributed by atoms with Gasteiger partial charge in [-0.25, -0.2) is 4.79 Å². The molecule has 1 amide bonds. The lowest BCUT2D eigenvalue weighted by molar-refractivity contribution is -0.137. The van der Waals surface area contributed by atoms with Crippen LogP contribution in [0, 0.1) is 0 Å². The second kappa shape index (κ2) is 6.69. The highest BCUT2D eigenvalue weighted by Crippen LogP contribution is 2.12. The van der Waals surface area contributed by atoms with Gasteiger partial charge in [0.2, 0.25) is 0 Å². The predicted molar refractivity (Wildman–Crippen MR) is 76.3 cm³/mol. The summed E-state index contributed by atoms with van der Waals surface area (Å²) in [4.78, 5) is 34.0. The van der Waals surface area contributed by atoms with Crippen molar-refractivity contribution in [3.05, 3.63) is 46.3 Å². The molecule has 1 aromatic carbocycles. The molecule has 2 rings (SSSR count). The fourth-order valence-electron chi connectivity index (χ4n) is 1.92. The van der Waals surface area contributed by atoms with Gasteiger partial charge >= 0.3 is 11.6 Å². The normalized spacial score (nSPS) is 10.5. The molecule has 0 aliphatic heterocycles. The Kier molecular flexibility index (Phi) is 4.71. The van der Waals surface area contributed by atoms with Crippen molar-refractivity contribution in [3.63, 3.8) is 0 Å². The number of hydrogen-bond donors (Lipinski definition) is 2. The minimum absolute atomic E-state index is 0.0491. The van der Waals surface area contributed by atoms with Crippen LogP contribution in [0.3, 0.4) is 0 Å². The molecule has 0 aliphatic rings. The second-order valence-electron chi connectivity index (χ2n) is 4.59. The average molecular weight is 289 g/mol. The molecule has 0 atom stereocenters. The Bertz CT molecular complexity index is 719. The van der Waals surface area contributed by atoms with Crippen molar-refractivity contribution in [2.24, 2.45) is 0 Å². The van der Waals surface area contributed by atoms with E-state index in [2.05, 4.69) is 5.32 Å². The van der Waals surface area contributed by atoms with E-state index < -0.39 is 17.5 Å². The van der Waals surface area contributed by atoms with Crippen LogP contribution in [0.15, 0.2) is 39.5 Å². The van der Waals surface area contributed by atoms with Gasteiger partial charge in [-0.05, 0) is 25.0 Å². The average Bonchev–Trinajstić information content (AvgIpc) is 2.45. The Morgan fingerprint density at radius 3 is 2.71 bits per heavy atom. The van der Waals surface area contributed by atoms with E-state index in [0.29, 0.717) is 30.4 Å². The summed E-state index contributed by atoms with van der Waals surface area (Å²) in [5, 5.41) is 11.8. The summed E-state index contributed by atoms with van der Waals surface area (Å²) >= 11 is 0. The zero-order valence-corrected chi connectivity index (χ0v) is 11.3. The zero-order valence-electron chi connectivity index (χ0n) is 11.3. The molecule has 6 nitrogen and oxygen atoms in total. The maximum absolute atomic E-state index is 11.9. The second-order valence-corrected chi connectivity index (χ2v) is 4.59. The van der Waals surface area contributed by atoms with Crippen LogP contribution in [-0.4, -0.2) is 23.5 Å². The minimum atomic E-state index is -0.864. The Labute approximate surface area is 120 Å². The smallest absolute Gasteiger partial charge is 0.349 e. The molecule has 0 saturated carbocycles. The van der Waals surface area contributed by atoms with Crippen molar-refractivity contribution in [1.29, 1.82) is 0 Å². The number of para-hydroxylation sites is 1. The molecule has 1 aromatic heterocycles. The van der Waals surface area contributed by atoms with Gasteiger partial charge in [-0.1, -0.05) is 18.2 Å². The Morgan fingerprint density at radius 2 is 1.95 bits per heavy atom. The molecule has 6 heteroatoms. The zero-order chi connectivity index (χ0) is 15.2. The number of fused-ring (bicyclic) bond motifs is 1. The van der Waals surface area contributed by atoms with Gasteiger partial charge in [-0.3, -0.25) is 9.59 Å². The summed E-state index contributed by atoms with van der Waals surface area (Å²) in [6.45, 7) is 0.318. The van der Waals surface area contributed by atoms with Crippen LogP contribution in [0.1, 0.15) is 29.6 Å². The maximum Gasteiger partial charge on any atom is 0.349 e. The number of carbonyl (C=O) groups is 2. The number of aliphatic carboxylic acids is 1. The van der Waals surface area contributed by atoms with Gasteiger partial charge in [0.15, 0.2) is 0 Å². The quantitative estimate of drug-likeness (QED) is 0.624. The molecule has 0 bridgehead atoms. The minimum Gasteiger partial charge on any atom is -0.481 e. The number of amides is 1. The Hall–Kier alpha value is -2.63. The summed E-state index contributed by atoms with van der Waals surface area (Å²) < 4.78 is 5.08. The molecule has 0 saturated heterocycles. The van der Waals surface area contributed by atoms with Crippen molar-refractivity contribution >= 4 is 22.8 Å². The lowest BCUT2D eigenvalue weighted by atomic mass is 10.1. The van der Waals surface area contributed by atoms with Gasteiger partial charge in [-0.15, -0.1) is 0 Å². The van der Waals surface area contributed by atoms with Crippen molar-refractivity contribution in [3.8, 4) is 0 Å². The van der Waals surface area contributed by atoms with E-state index in [1.54, 1.807) is 24.3 Å². The van der Waals surface area contributed by atoms with Crippen LogP contribution in [0.25, 0.3) is 11.0 Å². The third kappa shape index (κ3) is 3.92. The first kappa shape index (κ1) is 14.8. The van der Waals surface area contributed by atoms with Crippen LogP contribution in [0.2, 0.25) is 0 Å². The number of nitrogens with one attached hydrogen (secondary N) is 1. The molecular weight excluding hydrogens is 274 g/mol. The molecule has 110 valence electrons. The first-order valence-corrected chi connectivity index (χ1v) is 6.61. The number of rotatable bonds is 6. The fourth-order valence-corrected chi connectivity index (χ4v) is 1.92. The summed E-state index contributed by atoms with van der Waals surface area (Å²) in [6.07, 6.45) is 1.08. The summed E-state index contributed by atoms with van der Waals surface area (Å²) in [5.74, 6) is -1.37. The van der Waals surface area contributed by atoms with Crippen molar-refractivity contribution < 1.29 is 19.1 Å². The van der Waals surface area contributed by atoms with Crippen molar-refractivity contribution in [2.45, 2.75) is 19.3 Å². The van der Waals surface area contributed by atoms with Crippen molar-refractivity contribution in [1.82, 2.24) is 5.32 Å². The van der Waals surface area contributed by atoms with Gasteiger partial charge in [0.1, 0.15) is 11.1 Å². The van der Waals surface area contributed by atoms with E-state index in [9.17, 15) is 14.4 Å². The lowest BCUT2D eigenvalue weighted by Gasteiger charge is -2.04. The Morgan fingerprint density at radius 1 is 1.19 bits per heavy atom. The first-order valence-electron chi connectivity index (χ1n) is 6.61. The first-order chi connectivity index (χ1) is 10.1. The third-order valence-electron chi connectivity index (χ3n) is 2.99. The maximum atomic E-state index is 11.9. The van der Waals surface area contributed by atoms with Gasteiger partial charge in [-0.2, -0.15) is 0 Å². The molecule has 0 fully saturated rings. The molecule has 0 aliphatic carbocycles. The molecule has 2 N–H and O–H groups in total. The van der Waals surface area contributed by atoms with Crippen LogP contribution < -0.4 is 10.9 Å². The van der Waals surface area contributed by atoms with Crippen LogP contribution >= 0.6 is 0 Å². The monoisotopic (exact) mass is 289 g/mol. The molecule has 1 heterocycles. The highest BCUT2D eigenvalue weighted by atomic mass is 16.4. The molecule has 0 radical (unpaired) electrons. The predicted octanol–water partition coefficient (Wildman–Crippen LogP) is 1.78. The number of carboxylic acid groups (broad SMARTS) is 1. The van der Waals surface area contributed by atoms with Gasteiger partial charge < -0.3 is 14.8 Å². The largest absolute Gasteiger partial charge is 0.481 e. The summed E-state index contributed by atoms with van der Waals surface area (Å²) in [6, 6.07) is 8.43. The summed E-state index contributed by atoms with van der Waals surface area (Å²) in [7, 11) is 0. The fraction of sp³-hybridized carbons (Fsp3) is 0.267. The highest BCUT2D eigenvalue weighted by Gasteiger charge is 2.12. The molecule has 0 spiro atoms. The molecule has 0 unspecified atom stereocenters. The number of unbranched alkanes of at least 4 members (excludes halogenated alkanes) is 1. The van der Waals surface area contributed by atoms with E-state index in [4.69, 9.17) is 9.52 Å². The molecule has 21 heavy (non-hydrogen) atoms. The third-order valence-corrected chi connectivity index (χ3v) is 2.99. The Balaban J connectivity index is 2.01. The number of carbonyl (C=O) groups excluding carboxylic acids is 1.